The second-order valence-electron chi connectivity index (χ2n) is 6.34. The first-order valence-electron chi connectivity index (χ1n) is 7.11. The smallest absolute Gasteiger partial charge is 0.407 e. The van der Waals surface area contributed by atoms with Gasteiger partial charge in [-0.25, -0.2) is 13.2 Å². The molecule has 8 heteroatoms. The minimum absolute atomic E-state index is 0.171. The van der Waals surface area contributed by atoms with E-state index >= 15 is 0 Å². The molecule has 130 valence electrons. The molecule has 1 rings (SSSR count). The summed E-state index contributed by atoms with van der Waals surface area (Å²) in [5, 5.41) is 6.12. The highest BCUT2D eigenvalue weighted by Crippen LogP contribution is 2.25. The van der Waals surface area contributed by atoms with Crippen LogP contribution < -0.4 is 10.6 Å². The average Bonchev–Trinajstić information content (AvgIpc) is 2.35. The van der Waals surface area contributed by atoms with E-state index in [-0.39, 0.29) is 10.9 Å². The molecular weight excluding hydrogens is 340 g/mol. The summed E-state index contributed by atoms with van der Waals surface area (Å²) >= 11 is 6.07. The van der Waals surface area contributed by atoms with Crippen LogP contribution >= 0.6 is 11.6 Å². The van der Waals surface area contributed by atoms with Crippen LogP contribution in [0.15, 0.2) is 23.1 Å². The predicted octanol–water partition coefficient (Wildman–Crippen LogP) is 3.07. The fourth-order valence-electron chi connectivity index (χ4n) is 1.71. The Kier molecular flexibility index (Phi) is 6.30. The van der Waals surface area contributed by atoms with Gasteiger partial charge in [0.25, 0.3) is 0 Å². The normalized spacial score (nSPS) is 13.3. The van der Waals surface area contributed by atoms with Gasteiger partial charge in [-0.3, -0.25) is 0 Å². The van der Waals surface area contributed by atoms with Gasteiger partial charge in [0.15, 0.2) is 9.84 Å². The van der Waals surface area contributed by atoms with Gasteiger partial charge in [0.05, 0.1) is 15.6 Å². The Labute approximate surface area is 142 Å². The second-order valence-corrected chi connectivity index (χ2v) is 8.76. The zero-order valence-corrected chi connectivity index (χ0v) is 15.5. The lowest BCUT2D eigenvalue weighted by molar-refractivity contribution is 0.0526. The maximum atomic E-state index is 11.6. The molecule has 1 aromatic carbocycles. The highest BCUT2D eigenvalue weighted by molar-refractivity contribution is 7.90. The molecule has 23 heavy (non-hydrogen) atoms. The number of carbonyl (C=O) groups excluding carboxylic acids is 1. The first kappa shape index (κ1) is 19.6. The lowest BCUT2D eigenvalue weighted by Gasteiger charge is -2.21. The van der Waals surface area contributed by atoms with Crippen LogP contribution in [0, 0.1) is 0 Å². The lowest BCUT2D eigenvalue weighted by atomic mass is 10.2. The number of alkyl carbamates (subject to hydrolysis) is 1. The Morgan fingerprint density at radius 2 is 1.96 bits per heavy atom. The van der Waals surface area contributed by atoms with Gasteiger partial charge in [-0.2, -0.15) is 0 Å². The van der Waals surface area contributed by atoms with E-state index in [4.69, 9.17) is 16.3 Å². The highest BCUT2D eigenvalue weighted by atomic mass is 35.5. The van der Waals surface area contributed by atoms with Crippen LogP contribution in [0.3, 0.4) is 0 Å². The second kappa shape index (κ2) is 7.40. The molecule has 0 bridgehead atoms. The van der Waals surface area contributed by atoms with E-state index in [1.807, 2.05) is 6.92 Å². The maximum Gasteiger partial charge on any atom is 0.407 e. The quantitative estimate of drug-likeness (QED) is 0.840. The molecule has 0 spiro atoms. The fraction of sp³-hybridized carbons (Fsp3) is 0.533. The fourth-order valence-corrected chi connectivity index (χ4v) is 2.53. The van der Waals surface area contributed by atoms with Crippen molar-refractivity contribution in [3.05, 3.63) is 23.2 Å². The monoisotopic (exact) mass is 362 g/mol. The standard InChI is InChI=1S/C15H23ClN2O4S/c1-10(9-17-14(19)22-15(2,3)4)18-13-8-11(23(5,20)21)6-7-12(13)16/h6-8,10,18H,9H2,1-5H3,(H,17,19). The molecule has 0 fully saturated rings. The van der Waals surface area contributed by atoms with Crippen LogP contribution in [0.5, 0.6) is 0 Å². The topological polar surface area (TPSA) is 84.5 Å². The molecule has 6 nitrogen and oxygen atoms in total. The summed E-state index contributed by atoms with van der Waals surface area (Å²) in [4.78, 5) is 11.8. The van der Waals surface area contributed by atoms with E-state index in [0.29, 0.717) is 17.3 Å². The number of amides is 1. The Hall–Kier alpha value is -1.47. The predicted molar refractivity (Wildman–Crippen MR) is 91.9 cm³/mol. The summed E-state index contributed by atoms with van der Waals surface area (Å²) in [6.45, 7) is 7.48. The summed E-state index contributed by atoms with van der Waals surface area (Å²) in [6.07, 6.45) is 0.621. The van der Waals surface area contributed by atoms with Gasteiger partial charge in [-0.05, 0) is 45.9 Å². The van der Waals surface area contributed by atoms with Gasteiger partial charge in [-0.1, -0.05) is 11.6 Å². The molecule has 0 saturated heterocycles. The van der Waals surface area contributed by atoms with Crippen LogP contribution in [0.4, 0.5) is 10.5 Å². The third-order valence-electron chi connectivity index (χ3n) is 2.72. The highest BCUT2D eigenvalue weighted by Gasteiger charge is 2.17. The van der Waals surface area contributed by atoms with E-state index < -0.39 is 21.5 Å². The van der Waals surface area contributed by atoms with E-state index in [1.54, 1.807) is 20.8 Å². The average molecular weight is 363 g/mol. The van der Waals surface area contributed by atoms with Crippen LogP contribution in [0.2, 0.25) is 5.02 Å². The number of nitrogens with one attached hydrogen (secondary N) is 2. The third-order valence-corrected chi connectivity index (χ3v) is 4.16. The first-order valence-corrected chi connectivity index (χ1v) is 9.38. The third kappa shape index (κ3) is 7.09. The van der Waals surface area contributed by atoms with Crippen molar-refractivity contribution in [2.75, 3.05) is 18.1 Å². The number of hydrogen-bond donors (Lipinski definition) is 2. The van der Waals surface area contributed by atoms with Crippen molar-refractivity contribution >= 4 is 33.2 Å². The van der Waals surface area contributed by atoms with Crippen molar-refractivity contribution in [1.82, 2.24) is 5.32 Å². The van der Waals surface area contributed by atoms with Gasteiger partial charge in [0.1, 0.15) is 5.60 Å². The molecule has 0 aliphatic rings. The molecule has 0 radical (unpaired) electrons. The Bertz CT molecular complexity index is 669. The molecule has 0 heterocycles. The number of halogens is 1. The van der Waals surface area contributed by atoms with Crippen molar-refractivity contribution in [1.29, 1.82) is 0 Å². The SMILES string of the molecule is CC(CNC(=O)OC(C)(C)C)Nc1cc(S(C)(=O)=O)ccc1Cl. The summed E-state index contributed by atoms with van der Waals surface area (Å²) in [5.41, 5.74) is -0.0680. The number of ether oxygens (including phenoxy) is 1. The van der Waals surface area contributed by atoms with Crippen molar-refractivity contribution in [2.24, 2.45) is 0 Å². The number of benzene rings is 1. The summed E-state index contributed by atoms with van der Waals surface area (Å²) in [6, 6.07) is 4.28. The van der Waals surface area contributed by atoms with Gasteiger partial charge < -0.3 is 15.4 Å². The molecule has 0 aromatic heterocycles. The number of sulfone groups is 1. The van der Waals surface area contributed by atoms with Crippen LogP contribution in [-0.4, -0.2) is 39.0 Å². The summed E-state index contributed by atoms with van der Waals surface area (Å²) < 4.78 is 28.3. The summed E-state index contributed by atoms with van der Waals surface area (Å²) in [7, 11) is -3.31. The van der Waals surface area contributed by atoms with Crippen LogP contribution in [0.1, 0.15) is 27.7 Å². The molecule has 1 atom stereocenters. The maximum absolute atomic E-state index is 11.6. The molecule has 0 aliphatic heterocycles. The molecule has 1 amide bonds. The van der Waals surface area contributed by atoms with Gasteiger partial charge >= 0.3 is 6.09 Å². The molecule has 1 aromatic rings. The van der Waals surface area contributed by atoms with E-state index in [0.717, 1.165) is 6.26 Å². The van der Waals surface area contributed by atoms with Crippen molar-refractivity contribution in [2.45, 2.75) is 44.2 Å². The van der Waals surface area contributed by atoms with E-state index in [1.165, 1.54) is 18.2 Å². The number of carbonyl (C=O) groups is 1. The van der Waals surface area contributed by atoms with E-state index in [2.05, 4.69) is 10.6 Å². The van der Waals surface area contributed by atoms with E-state index in [9.17, 15) is 13.2 Å². The molecule has 2 N–H and O–H groups in total. The van der Waals surface area contributed by atoms with Crippen molar-refractivity contribution < 1.29 is 17.9 Å². The van der Waals surface area contributed by atoms with Crippen LogP contribution in [-0.2, 0) is 14.6 Å². The Morgan fingerprint density at radius 1 is 1.35 bits per heavy atom. The van der Waals surface area contributed by atoms with Crippen molar-refractivity contribution in [3.8, 4) is 0 Å². The lowest BCUT2D eigenvalue weighted by Crippen LogP contribution is -2.38. The number of rotatable bonds is 5. The van der Waals surface area contributed by atoms with Crippen molar-refractivity contribution in [3.63, 3.8) is 0 Å². The minimum atomic E-state index is -3.31. The van der Waals surface area contributed by atoms with Gasteiger partial charge in [-0.15, -0.1) is 0 Å². The largest absolute Gasteiger partial charge is 0.444 e. The van der Waals surface area contributed by atoms with Gasteiger partial charge in [0, 0.05) is 18.8 Å². The molecule has 0 saturated carbocycles. The summed E-state index contributed by atoms with van der Waals surface area (Å²) in [5.74, 6) is 0. The molecular formula is C15H23ClN2O4S. The zero-order chi connectivity index (χ0) is 17.8. The number of hydrogen-bond acceptors (Lipinski definition) is 5. The number of anilines is 1. The first-order chi connectivity index (χ1) is 10.4. The minimum Gasteiger partial charge on any atom is -0.444 e. The van der Waals surface area contributed by atoms with Crippen LogP contribution in [0.25, 0.3) is 0 Å². The molecule has 0 aliphatic carbocycles. The Balaban J connectivity index is 2.67. The van der Waals surface area contributed by atoms with Gasteiger partial charge in [0.2, 0.25) is 0 Å². The Morgan fingerprint density at radius 3 is 2.48 bits per heavy atom. The molecule has 1 unspecified atom stereocenters. The zero-order valence-electron chi connectivity index (χ0n) is 13.9.